The predicted octanol–water partition coefficient (Wildman–Crippen LogP) is 5.22. The Morgan fingerprint density at radius 1 is 1.06 bits per heavy atom. The van der Waals surface area contributed by atoms with E-state index in [9.17, 15) is 35.2 Å². The van der Waals surface area contributed by atoms with Crippen LogP contribution < -0.4 is 5.32 Å². The van der Waals surface area contributed by atoms with E-state index >= 15 is 0 Å². The summed E-state index contributed by atoms with van der Waals surface area (Å²) in [6.07, 6.45) is -4.91. The Morgan fingerprint density at radius 2 is 1.81 bits per heavy atom. The van der Waals surface area contributed by atoms with Gasteiger partial charge in [-0.2, -0.15) is 17.5 Å². The molecule has 11 heteroatoms. The molecule has 36 heavy (non-hydrogen) atoms. The normalized spacial score (nSPS) is 14.4. The van der Waals surface area contributed by atoms with Crippen molar-refractivity contribution in [2.75, 3.05) is 11.9 Å². The summed E-state index contributed by atoms with van der Waals surface area (Å²) in [6, 6.07) is 10.5. The lowest BCUT2D eigenvalue weighted by atomic mass is 9.95. The van der Waals surface area contributed by atoms with Crippen molar-refractivity contribution in [3.05, 3.63) is 94.0 Å². The highest BCUT2D eigenvalue weighted by atomic mass is 32.2. The molecule has 0 saturated carbocycles. The molecular weight excluding hydrogens is 503 g/mol. The lowest BCUT2D eigenvalue weighted by Gasteiger charge is -2.30. The zero-order valence-corrected chi connectivity index (χ0v) is 19.8. The summed E-state index contributed by atoms with van der Waals surface area (Å²) in [5, 5.41) is 2.74. The van der Waals surface area contributed by atoms with Crippen LogP contribution in [-0.2, 0) is 40.4 Å². The number of nitrogens with zero attached hydrogens (tertiary/aromatic N) is 1. The standard InChI is InChI=1S/C25H21F5N2O3S/c1-15-5-7-17-14-32(36(34,35)19-4-2-3-18(26)13-19)10-9-20(17)24(15)31-23(33)12-16-6-8-21(22(27)11-16)25(28,29)30/h2-8,11,13H,9-10,12,14H2,1H3,(H,31,33). The summed E-state index contributed by atoms with van der Waals surface area (Å²) in [5.74, 6) is -2.68. The van der Waals surface area contributed by atoms with Crippen LogP contribution in [0.15, 0.2) is 59.5 Å². The van der Waals surface area contributed by atoms with Crippen molar-refractivity contribution < 1.29 is 35.2 Å². The SMILES string of the molecule is Cc1ccc2c(c1NC(=O)Cc1ccc(C(F)(F)F)c(F)c1)CCN(S(=O)(=O)c1cccc(F)c1)C2. The van der Waals surface area contributed by atoms with E-state index in [1.165, 1.54) is 16.4 Å². The minimum Gasteiger partial charge on any atom is -0.325 e. The highest BCUT2D eigenvalue weighted by molar-refractivity contribution is 7.89. The Bertz CT molecular complexity index is 1440. The van der Waals surface area contributed by atoms with Gasteiger partial charge in [-0.25, -0.2) is 17.2 Å². The monoisotopic (exact) mass is 524 g/mol. The van der Waals surface area contributed by atoms with Crippen LogP contribution >= 0.6 is 0 Å². The fraction of sp³-hybridized carbons (Fsp3) is 0.240. The predicted molar refractivity (Wildman–Crippen MR) is 123 cm³/mol. The quantitative estimate of drug-likeness (QED) is 0.466. The number of amides is 1. The van der Waals surface area contributed by atoms with Crippen molar-refractivity contribution in [2.24, 2.45) is 0 Å². The molecule has 1 heterocycles. The second-order valence-corrected chi connectivity index (χ2v) is 10.4. The van der Waals surface area contributed by atoms with Crippen LogP contribution in [0.5, 0.6) is 0 Å². The number of benzene rings is 3. The molecule has 1 N–H and O–H groups in total. The number of aryl methyl sites for hydroxylation is 1. The Morgan fingerprint density at radius 3 is 2.47 bits per heavy atom. The Balaban J connectivity index is 1.53. The number of fused-ring (bicyclic) bond motifs is 1. The van der Waals surface area contributed by atoms with Crippen LogP contribution in [0.3, 0.4) is 0 Å². The number of halogens is 5. The molecule has 5 nitrogen and oxygen atoms in total. The number of hydrogen-bond acceptors (Lipinski definition) is 3. The number of anilines is 1. The van der Waals surface area contributed by atoms with Crippen molar-refractivity contribution in [1.29, 1.82) is 0 Å². The number of rotatable bonds is 5. The van der Waals surface area contributed by atoms with Crippen molar-refractivity contribution >= 4 is 21.6 Å². The van der Waals surface area contributed by atoms with Gasteiger partial charge in [0.1, 0.15) is 11.6 Å². The summed E-state index contributed by atoms with van der Waals surface area (Å²) in [6.45, 7) is 1.87. The van der Waals surface area contributed by atoms with Crippen LogP contribution in [0.25, 0.3) is 0 Å². The lowest BCUT2D eigenvalue weighted by molar-refractivity contribution is -0.140. The van der Waals surface area contributed by atoms with E-state index in [1.54, 1.807) is 19.1 Å². The molecule has 0 spiro atoms. The van der Waals surface area contributed by atoms with E-state index in [0.717, 1.165) is 23.8 Å². The van der Waals surface area contributed by atoms with E-state index in [4.69, 9.17) is 0 Å². The molecule has 0 atom stereocenters. The molecule has 190 valence electrons. The second-order valence-electron chi connectivity index (χ2n) is 8.48. The van der Waals surface area contributed by atoms with Gasteiger partial charge in [0, 0.05) is 18.8 Å². The van der Waals surface area contributed by atoms with Gasteiger partial charge in [-0.05, 0) is 65.9 Å². The molecule has 3 aromatic rings. The van der Waals surface area contributed by atoms with E-state index in [0.29, 0.717) is 28.9 Å². The van der Waals surface area contributed by atoms with Crippen molar-refractivity contribution in [3.8, 4) is 0 Å². The van der Waals surface area contributed by atoms with Gasteiger partial charge in [-0.1, -0.05) is 24.3 Å². The Kier molecular flexibility index (Phi) is 6.89. The first-order chi connectivity index (χ1) is 16.9. The van der Waals surface area contributed by atoms with Gasteiger partial charge in [0.05, 0.1) is 16.9 Å². The summed E-state index contributed by atoms with van der Waals surface area (Å²) in [7, 11) is -3.94. The number of alkyl halides is 3. The molecule has 0 fully saturated rings. The zero-order valence-electron chi connectivity index (χ0n) is 19.0. The summed E-state index contributed by atoms with van der Waals surface area (Å²) in [5.41, 5.74) is 1.25. The molecule has 0 bridgehead atoms. The summed E-state index contributed by atoms with van der Waals surface area (Å²) in [4.78, 5) is 12.5. The highest BCUT2D eigenvalue weighted by Gasteiger charge is 2.34. The second kappa shape index (κ2) is 9.62. The van der Waals surface area contributed by atoms with Crippen molar-refractivity contribution in [3.63, 3.8) is 0 Å². The maximum Gasteiger partial charge on any atom is 0.419 e. The molecule has 0 unspecified atom stereocenters. The molecule has 0 aromatic heterocycles. The van der Waals surface area contributed by atoms with Crippen LogP contribution in [-0.4, -0.2) is 25.2 Å². The highest BCUT2D eigenvalue weighted by Crippen LogP contribution is 2.33. The summed E-state index contributed by atoms with van der Waals surface area (Å²) >= 11 is 0. The number of sulfonamides is 1. The fourth-order valence-corrected chi connectivity index (χ4v) is 5.62. The van der Waals surface area contributed by atoms with E-state index < -0.39 is 39.3 Å². The number of carbonyl (C=O) groups is 1. The first kappa shape index (κ1) is 25.8. The topological polar surface area (TPSA) is 66.5 Å². The Labute approximate surface area is 204 Å². The van der Waals surface area contributed by atoms with Crippen LogP contribution in [0.1, 0.15) is 27.8 Å². The molecule has 3 aromatic carbocycles. The third kappa shape index (κ3) is 5.26. The first-order valence-electron chi connectivity index (χ1n) is 10.9. The van der Waals surface area contributed by atoms with Crippen LogP contribution in [0.4, 0.5) is 27.6 Å². The minimum absolute atomic E-state index is 0.0153. The largest absolute Gasteiger partial charge is 0.419 e. The maximum absolute atomic E-state index is 13.9. The van der Waals surface area contributed by atoms with E-state index in [-0.39, 0.29) is 36.4 Å². The van der Waals surface area contributed by atoms with Gasteiger partial charge in [0.15, 0.2) is 0 Å². The zero-order chi connectivity index (χ0) is 26.3. The van der Waals surface area contributed by atoms with Gasteiger partial charge >= 0.3 is 6.18 Å². The van der Waals surface area contributed by atoms with Crippen LogP contribution in [0.2, 0.25) is 0 Å². The molecule has 4 rings (SSSR count). The van der Waals surface area contributed by atoms with Gasteiger partial charge in [-0.15, -0.1) is 0 Å². The number of carbonyl (C=O) groups excluding carboxylic acids is 1. The summed E-state index contributed by atoms with van der Waals surface area (Å²) < 4.78 is 93.0. The van der Waals surface area contributed by atoms with Crippen LogP contribution in [0, 0.1) is 18.6 Å². The minimum atomic E-state index is -4.83. The molecule has 0 radical (unpaired) electrons. The molecule has 0 saturated heterocycles. The third-order valence-corrected chi connectivity index (χ3v) is 7.82. The Hall–Kier alpha value is -3.31. The van der Waals surface area contributed by atoms with Gasteiger partial charge in [0.25, 0.3) is 0 Å². The molecule has 1 amide bonds. The average molecular weight is 525 g/mol. The van der Waals surface area contributed by atoms with E-state index in [1.807, 2.05) is 0 Å². The molecule has 1 aliphatic heterocycles. The van der Waals surface area contributed by atoms with Gasteiger partial charge < -0.3 is 5.32 Å². The average Bonchev–Trinajstić information content (AvgIpc) is 2.80. The molecule has 1 aliphatic rings. The first-order valence-corrected chi connectivity index (χ1v) is 12.3. The van der Waals surface area contributed by atoms with Gasteiger partial charge in [0.2, 0.25) is 15.9 Å². The van der Waals surface area contributed by atoms with Crippen molar-refractivity contribution in [1.82, 2.24) is 4.31 Å². The molecule has 0 aliphatic carbocycles. The van der Waals surface area contributed by atoms with Crippen molar-refractivity contribution in [2.45, 2.75) is 37.4 Å². The molecular formula is C25H21F5N2O3S. The van der Waals surface area contributed by atoms with E-state index in [2.05, 4.69) is 5.32 Å². The maximum atomic E-state index is 13.9. The fourth-order valence-electron chi connectivity index (χ4n) is 4.17. The number of hydrogen-bond donors (Lipinski definition) is 1. The smallest absolute Gasteiger partial charge is 0.325 e. The lowest BCUT2D eigenvalue weighted by Crippen LogP contribution is -2.36. The number of nitrogens with one attached hydrogen (secondary N) is 1. The third-order valence-electron chi connectivity index (χ3n) is 5.98. The van der Waals surface area contributed by atoms with Gasteiger partial charge in [-0.3, -0.25) is 4.79 Å².